The molecule has 1 heterocycles. The second-order valence-corrected chi connectivity index (χ2v) is 7.41. The summed E-state index contributed by atoms with van der Waals surface area (Å²) in [5.41, 5.74) is 2.71. The monoisotopic (exact) mass is 424 g/mol. The molecule has 3 aromatic carbocycles. The van der Waals surface area contributed by atoms with Crippen LogP contribution in [0.3, 0.4) is 0 Å². The topological polar surface area (TPSA) is 105 Å². The van der Waals surface area contributed by atoms with Crippen LogP contribution in [0.4, 0.5) is 0 Å². The highest BCUT2D eigenvalue weighted by molar-refractivity contribution is 6.26. The van der Waals surface area contributed by atoms with Crippen molar-refractivity contribution in [2.75, 3.05) is 6.54 Å². The molecule has 0 radical (unpaired) electrons. The van der Waals surface area contributed by atoms with Gasteiger partial charge in [-0.05, 0) is 30.3 Å². The minimum atomic E-state index is -1.14. The fraction of sp³-hybridized carbons (Fsp3) is 0.0400. The number of pyridine rings is 1. The fourth-order valence-corrected chi connectivity index (χ4v) is 4.12. The van der Waals surface area contributed by atoms with E-state index < -0.39 is 18.4 Å². The molecule has 0 saturated heterocycles. The van der Waals surface area contributed by atoms with E-state index in [1.807, 2.05) is 12.1 Å². The molecule has 156 valence electrons. The smallest absolute Gasteiger partial charge is 0.322 e. The average molecular weight is 424 g/mol. The normalized spacial score (nSPS) is 11.8. The Kier molecular flexibility index (Phi) is 4.44. The van der Waals surface area contributed by atoms with E-state index in [4.69, 9.17) is 5.11 Å². The van der Waals surface area contributed by atoms with Gasteiger partial charge in [-0.15, -0.1) is 0 Å². The number of rotatable bonds is 4. The van der Waals surface area contributed by atoms with Gasteiger partial charge >= 0.3 is 5.97 Å². The van der Waals surface area contributed by atoms with Gasteiger partial charge in [-0.1, -0.05) is 42.5 Å². The molecule has 0 saturated carbocycles. The van der Waals surface area contributed by atoms with Crippen molar-refractivity contribution in [2.24, 2.45) is 0 Å². The van der Waals surface area contributed by atoms with Gasteiger partial charge in [0.25, 0.3) is 11.5 Å². The van der Waals surface area contributed by atoms with Crippen LogP contribution in [0.2, 0.25) is 0 Å². The second-order valence-electron chi connectivity index (χ2n) is 7.41. The van der Waals surface area contributed by atoms with Crippen molar-refractivity contribution in [3.8, 4) is 16.9 Å². The van der Waals surface area contributed by atoms with Gasteiger partial charge in [0, 0.05) is 33.2 Å². The lowest BCUT2D eigenvalue weighted by molar-refractivity contribution is -0.135. The number of benzene rings is 3. The van der Waals surface area contributed by atoms with Gasteiger partial charge in [-0.25, -0.2) is 0 Å². The van der Waals surface area contributed by atoms with Crippen molar-refractivity contribution >= 4 is 28.4 Å². The summed E-state index contributed by atoms with van der Waals surface area (Å²) in [5, 5.41) is 12.1. The number of amides is 1. The molecule has 7 nitrogen and oxygen atoms in total. The summed E-state index contributed by atoms with van der Waals surface area (Å²) < 4.78 is 1.50. The minimum Gasteiger partial charge on any atom is -0.480 e. The molecule has 1 aliphatic carbocycles. The number of carboxylic acid groups (broad SMARTS) is 1. The number of carboxylic acids is 1. The zero-order chi connectivity index (χ0) is 22.4. The van der Waals surface area contributed by atoms with Crippen LogP contribution in [0.15, 0.2) is 77.6 Å². The standard InChI is InChI=1S/C25H16N2O5/c28-20(29)13-26-24(31)14-9-11-15(12-10-14)27-22-17-6-2-3-7-18(17)23(30)21(22)16-5-1-4-8-19(16)25(27)32/h1-12H,13H2,(H,26,31)(H,28,29). The Balaban J connectivity index is 1.72. The maximum atomic E-state index is 13.5. The molecular formula is C25H16N2O5. The third-order valence-corrected chi connectivity index (χ3v) is 5.53. The first-order chi connectivity index (χ1) is 15.5. The Labute approximate surface area is 181 Å². The number of nitrogens with one attached hydrogen (secondary N) is 1. The number of aromatic nitrogens is 1. The van der Waals surface area contributed by atoms with Crippen LogP contribution < -0.4 is 10.9 Å². The number of carbonyl (C=O) groups is 3. The largest absolute Gasteiger partial charge is 0.480 e. The quantitative estimate of drug-likeness (QED) is 0.461. The lowest BCUT2D eigenvalue weighted by Crippen LogP contribution is -2.29. The van der Waals surface area contributed by atoms with Gasteiger partial charge in [0.15, 0.2) is 5.78 Å². The molecule has 0 atom stereocenters. The molecular weight excluding hydrogens is 408 g/mol. The summed E-state index contributed by atoms with van der Waals surface area (Å²) in [5.74, 6) is -1.81. The predicted molar refractivity (Wildman–Crippen MR) is 118 cm³/mol. The number of carbonyl (C=O) groups excluding carboxylic acids is 2. The molecule has 1 amide bonds. The summed E-state index contributed by atoms with van der Waals surface area (Å²) >= 11 is 0. The highest BCUT2D eigenvalue weighted by Crippen LogP contribution is 2.40. The van der Waals surface area contributed by atoms with Crippen LogP contribution in [0.5, 0.6) is 0 Å². The van der Waals surface area contributed by atoms with Crippen molar-refractivity contribution in [1.82, 2.24) is 9.88 Å². The van der Waals surface area contributed by atoms with Gasteiger partial charge in [0.1, 0.15) is 6.54 Å². The van der Waals surface area contributed by atoms with E-state index in [1.54, 1.807) is 48.5 Å². The first-order valence-corrected chi connectivity index (χ1v) is 9.89. The van der Waals surface area contributed by atoms with Gasteiger partial charge < -0.3 is 10.4 Å². The summed E-state index contributed by atoms with van der Waals surface area (Å²) in [4.78, 5) is 49.6. The van der Waals surface area contributed by atoms with Crippen molar-refractivity contribution in [2.45, 2.75) is 0 Å². The van der Waals surface area contributed by atoms with E-state index in [0.29, 0.717) is 38.8 Å². The molecule has 4 aromatic rings. The zero-order valence-corrected chi connectivity index (χ0v) is 16.7. The summed E-state index contributed by atoms with van der Waals surface area (Å²) in [6, 6.07) is 20.4. The minimum absolute atomic E-state index is 0.134. The predicted octanol–water partition coefficient (Wildman–Crippen LogP) is 3.02. The van der Waals surface area contributed by atoms with Crippen molar-refractivity contribution in [1.29, 1.82) is 0 Å². The van der Waals surface area contributed by atoms with Crippen LogP contribution in [-0.4, -0.2) is 33.9 Å². The Bertz CT molecular complexity index is 1500. The number of hydrogen-bond donors (Lipinski definition) is 2. The Morgan fingerprint density at radius 3 is 2.12 bits per heavy atom. The highest BCUT2D eigenvalue weighted by atomic mass is 16.4. The molecule has 0 fully saturated rings. The summed E-state index contributed by atoms with van der Waals surface area (Å²) in [7, 11) is 0. The van der Waals surface area contributed by atoms with Gasteiger partial charge in [-0.2, -0.15) is 0 Å². The van der Waals surface area contributed by atoms with Crippen LogP contribution in [-0.2, 0) is 4.79 Å². The maximum Gasteiger partial charge on any atom is 0.322 e. The van der Waals surface area contributed by atoms with E-state index in [-0.39, 0.29) is 16.9 Å². The molecule has 1 aliphatic rings. The van der Waals surface area contributed by atoms with Crippen LogP contribution in [0.25, 0.3) is 27.7 Å². The zero-order valence-electron chi connectivity index (χ0n) is 16.7. The fourth-order valence-electron chi connectivity index (χ4n) is 4.12. The van der Waals surface area contributed by atoms with Gasteiger partial charge in [0.05, 0.1) is 11.3 Å². The molecule has 0 aliphatic heterocycles. The molecule has 1 aromatic heterocycles. The second kappa shape index (κ2) is 7.31. The molecule has 0 bridgehead atoms. The van der Waals surface area contributed by atoms with Crippen molar-refractivity contribution in [3.63, 3.8) is 0 Å². The SMILES string of the molecule is O=C(O)CNC(=O)c1ccc(-n2c3c(c4ccccc4c2=O)C(=O)c2ccccc2-3)cc1. The highest BCUT2D eigenvalue weighted by Gasteiger charge is 2.32. The van der Waals surface area contributed by atoms with E-state index in [2.05, 4.69) is 5.32 Å². The Hall–Kier alpha value is -4.52. The number of nitrogens with zero attached hydrogens (tertiary/aromatic N) is 1. The lowest BCUT2D eigenvalue weighted by atomic mass is 10.0. The molecule has 0 spiro atoms. The van der Waals surface area contributed by atoms with Gasteiger partial charge in [0.2, 0.25) is 0 Å². The summed E-state index contributed by atoms with van der Waals surface area (Å²) in [6.07, 6.45) is 0. The third-order valence-electron chi connectivity index (χ3n) is 5.53. The molecule has 2 N–H and O–H groups in total. The maximum absolute atomic E-state index is 13.5. The summed E-state index contributed by atoms with van der Waals surface area (Å²) in [6.45, 7) is -0.489. The third kappa shape index (κ3) is 2.91. The molecule has 7 heteroatoms. The van der Waals surface area contributed by atoms with Crippen LogP contribution in [0, 0.1) is 0 Å². The lowest BCUT2D eigenvalue weighted by Gasteiger charge is -2.15. The van der Waals surface area contributed by atoms with E-state index >= 15 is 0 Å². The number of ketones is 1. The number of hydrogen-bond acceptors (Lipinski definition) is 4. The van der Waals surface area contributed by atoms with Crippen molar-refractivity contribution < 1.29 is 19.5 Å². The molecule has 0 unspecified atom stereocenters. The van der Waals surface area contributed by atoms with Gasteiger partial charge in [-0.3, -0.25) is 23.7 Å². The van der Waals surface area contributed by atoms with E-state index in [9.17, 15) is 19.2 Å². The number of aliphatic carboxylic acids is 1. The van der Waals surface area contributed by atoms with E-state index in [0.717, 1.165) is 0 Å². The average Bonchev–Trinajstić information content (AvgIpc) is 3.11. The number of fused-ring (bicyclic) bond motifs is 5. The molecule has 5 rings (SSSR count). The van der Waals surface area contributed by atoms with Crippen LogP contribution >= 0.6 is 0 Å². The first kappa shape index (κ1) is 19.4. The Morgan fingerprint density at radius 2 is 1.44 bits per heavy atom. The van der Waals surface area contributed by atoms with Crippen LogP contribution in [0.1, 0.15) is 26.3 Å². The first-order valence-electron chi connectivity index (χ1n) is 9.89. The Morgan fingerprint density at radius 1 is 0.812 bits per heavy atom. The van der Waals surface area contributed by atoms with Crippen molar-refractivity contribution in [3.05, 3.63) is 99.8 Å². The molecule has 32 heavy (non-hydrogen) atoms. The van der Waals surface area contributed by atoms with E-state index in [1.165, 1.54) is 16.7 Å².